The molecule has 0 N–H and O–H groups in total. The van der Waals surface area contributed by atoms with Gasteiger partial charge in [0.2, 0.25) is 0 Å². The molecule has 1 aromatic heterocycles. The minimum Gasteiger partial charge on any atom is -0.461 e. The average Bonchev–Trinajstić information content (AvgIpc) is 2.29. The molecule has 0 spiro atoms. The first-order chi connectivity index (χ1) is 9.15. The van der Waals surface area contributed by atoms with Crippen LogP contribution in [0.15, 0.2) is 6.07 Å². The Morgan fingerprint density at radius 3 is 2.55 bits per heavy atom. The number of carbonyl (C=O) groups is 1. The number of esters is 1. The number of ether oxygens (including phenoxy) is 2. The maximum Gasteiger partial charge on any atom is 0.573 e. The van der Waals surface area contributed by atoms with Gasteiger partial charge in [-0.3, -0.25) is 10.1 Å². The summed E-state index contributed by atoms with van der Waals surface area (Å²) in [6.07, 6.45) is -5.35. The largest absolute Gasteiger partial charge is 0.573 e. The van der Waals surface area contributed by atoms with Crippen molar-refractivity contribution in [3.05, 3.63) is 27.8 Å². The Morgan fingerprint density at radius 1 is 1.50 bits per heavy atom. The number of nitro groups is 1. The van der Waals surface area contributed by atoms with E-state index in [0.717, 1.165) is 0 Å². The summed E-state index contributed by atoms with van der Waals surface area (Å²) in [5, 5.41) is 10.6. The van der Waals surface area contributed by atoms with Gasteiger partial charge in [-0.25, -0.2) is 9.78 Å². The summed E-state index contributed by atoms with van der Waals surface area (Å²) >= 11 is 0. The van der Waals surface area contributed by atoms with Crippen LogP contribution in [-0.2, 0) is 4.74 Å². The van der Waals surface area contributed by atoms with E-state index in [2.05, 4.69) is 14.5 Å². The van der Waals surface area contributed by atoms with Crippen molar-refractivity contribution in [3.63, 3.8) is 0 Å². The fourth-order valence-electron chi connectivity index (χ4n) is 1.14. The second kappa shape index (κ2) is 5.67. The molecule has 0 unspecified atom stereocenters. The highest BCUT2D eigenvalue weighted by atomic mass is 19.4. The lowest BCUT2D eigenvalue weighted by atomic mass is 10.3. The van der Waals surface area contributed by atoms with Crippen molar-refractivity contribution in [3.8, 4) is 5.75 Å². The first kappa shape index (κ1) is 15.6. The summed E-state index contributed by atoms with van der Waals surface area (Å²) in [5.74, 6) is -4.89. The molecule has 0 aliphatic carbocycles. The molecule has 0 radical (unpaired) electrons. The highest BCUT2D eigenvalue weighted by Gasteiger charge is 2.38. The quantitative estimate of drug-likeness (QED) is 0.278. The molecule has 1 heterocycles. The van der Waals surface area contributed by atoms with Crippen LogP contribution in [-0.4, -0.2) is 28.8 Å². The van der Waals surface area contributed by atoms with E-state index < -0.39 is 40.3 Å². The van der Waals surface area contributed by atoms with E-state index in [1.807, 2.05) is 0 Å². The van der Waals surface area contributed by atoms with Crippen LogP contribution in [0.4, 0.5) is 23.2 Å². The Balaban J connectivity index is 3.33. The monoisotopic (exact) mass is 298 g/mol. The van der Waals surface area contributed by atoms with Crippen molar-refractivity contribution >= 4 is 11.7 Å². The van der Waals surface area contributed by atoms with Gasteiger partial charge in [-0.05, 0) is 6.92 Å². The van der Waals surface area contributed by atoms with E-state index in [-0.39, 0.29) is 6.61 Å². The van der Waals surface area contributed by atoms with E-state index >= 15 is 0 Å². The van der Waals surface area contributed by atoms with Gasteiger partial charge < -0.3 is 9.47 Å². The van der Waals surface area contributed by atoms with E-state index in [4.69, 9.17) is 0 Å². The molecule has 0 aliphatic heterocycles. The third kappa shape index (κ3) is 3.76. The molecule has 1 aromatic rings. The first-order valence-electron chi connectivity index (χ1n) is 4.93. The number of alkyl halides is 3. The van der Waals surface area contributed by atoms with Crippen LogP contribution in [0.3, 0.4) is 0 Å². The van der Waals surface area contributed by atoms with Crippen molar-refractivity contribution in [2.75, 3.05) is 6.61 Å². The van der Waals surface area contributed by atoms with Crippen molar-refractivity contribution in [1.82, 2.24) is 4.98 Å². The van der Waals surface area contributed by atoms with Crippen LogP contribution >= 0.6 is 0 Å². The minimum atomic E-state index is -5.35. The molecule has 0 bridgehead atoms. The number of halogens is 4. The maximum atomic E-state index is 13.4. The fraction of sp³-hybridized carbons (Fsp3) is 0.333. The summed E-state index contributed by atoms with van der Waals surface area (Å²) in [7, 11) is 0. The number of hydrogen-bond donors (Lipinski definition) is 0. The predicted octanol–water partition coefficient (Wildman–Crippen LogP) is 2.20. The number of aromatic nitrogens is 1. The van der Waals surface area contributed by atoms with E-state index in [0.29, 0.717) is 6.07 Å². The standard InChI is InChI=1S/C9H6F4N2O5/c1-2-19-8(16)4-3-5(15(17)18)6(7(10)14-4)20-9(11,12)13/h3H,2H2,1H3. The topological polar surface area (TPSA) is 91.6 Å². The minimum absolute atomic E-state index is 0.128. The van der Waals surface area contributed by atoms with Gasteiger partial charge in [0.1, 0.15) is 0 Å². The van der Waals surface area contributed by atoms with Gasteiger partial charge in [0.05, 0.1) is 17.6 Å². The molecule has 0 aliphatic rings. The summed E-state index contributed by atoms with van der Waals surface area (Å²) in [6.45, 7) is 1.28. The Kier molecular flexibility index (Phi) is 4.42. The van der Waals surface area contributed by atoms with Crippen molar-refractivity contribution in [2.45, 2.75) is 13.3 Å². The van der Waals surface area contributed by atoms with Gasteiger partial charge in [0.15, 0.2) is 5.69 Å². The van der Waals surface area contributed by atoms with Gasteiger partial charge in [-0.15, -0.1) is 13.2 Å². The van der Waals surface area contributed by atoms with Crippen molar-refractivity contribution in [2.24, 2.45) is 0 Å². The summed E-state index contributed by atoms with van der Waals surface area (Å²) in [6, 6.07) is 0.335. The van der Waals surface area contributed by atoms with Gasteiger partial charge in [0.25, 0.3) is 11.7 Å². The van der Waals surface area contributed by atoms with E-state index in [9.17, 15) is 32.5 Å². The smallest absolute Gasteiger partial charge is 0.461 e. The molecular formula is C9H6F4N2O5. The average molecular weight is 298 g/mol. The molecule has 0 saturated carbocycles. The van der Waals surface area contributed by atoms with E-state index in [1.165, 1.54) is 6.92 Å². The molecule has 0 aromatic carbocycles. The van der Waals surface area contributed by atoms with Crippen LogP contribution in [0.1, 0.15) is 17.4 Å². The molecule has 11 heteroatoms. The molecule has 0 amide bonds. The normalized spacial score (nSPS) is 11.1. The fourth-order valence-corrected chi connectivity index (χ4v) is 1.14. The Labute approximate surface area is 108 Å². The molecule has 0 atom stereocenters. The van der Waals surface area contributed by atoms with Gasteiger partial charge >= 0.3 is 18.0 Å². The maximum absolute atomic E-state index is 13.4. The second-order valence-electron chi connectivity index (χ2n) is 3.17. The highest BCUT2D eigenvalue weighted by molar-refractivity contribution is 5.88. The molecule has 1 rings (SSSR count). The molecule has 7 nitrogen and oxygen atoms in total. The number of carbonyl (C=O) groups excluding carboxylic acids is 1. The summed E-state index contributed by atoms with van der Waals surface area (Å²) in [4.78, 5) is 23.3. The van der Waals surface area contributed by atoms with Crippen molar-refractivity contribution < 1.29 is 36.8 Å². The Bertz CT molecular complexity index is 546. The zero-order valence-electron chi connectivity index (χ0n) is 9.73. The van der Waals surface area contributed by atoms with Crippen LogP contribution in [0.25, 0.3) is 0 Å². The SMILES string of the molecule is CCOC(=O)c1cc([N+](=O)[O-])c(OC(F)(F)F)c(F)n1. The lowest BCUT2D eigenvalue weighted by Gasteiger charge is -2.10. The summed E-state index contributed by atoms with van der Waals surface area (Å²) < 4.78 is 57.0. The predicted molar refractivity (Wildman–Crippen MR) is 53.5 cm³/mol. The zero-order chi connectivity index (χ0) is 15.5. The Hall–Kier alpha value is -2.46. The lowest BCUT2D eigenvalue weighted by molar-refractivity contribution is -0.389. The van der Waals surface area contributed by atoms with Gasteiger partial charge in [-0.2, -0.15) is 4.39 Å². The zero-order valence-corrected chi connectivity index (χ0v) is 9.73. The van der Waals surface area contributed by atoms with Crippen molar-refractivity contribution in [1.29, 1.82) is 0 Å². The van der Waals surface area contributed by atoms with Crippen LogP contribution in [0.2, 0.25) is 0 Å². The molecule has 110 valence electrons. The lowest BCUT2D eigenvalue weighted by Crippen LogP contribution is -2.20. The number of nitrogens with zero attached hydrogens (tertiary/aromatic N) is 2. The third-order valence-electron chi connectivity index (χ3n) is 1.81. The molecular weight excluding hydrogens is 292 g/mol. The number of rotatable bonds is 4. The van der Waals surface area contributed by atoms with Gasteiger partial charge in [0, 0.05) is 0 Å². The van der Waals surface area contributed by atoms with Crippen LogP contribution in [0, 0.1) is 16.1 Å². The molecule has 0 fully saturated rings. The van der Waals surface area contributed by atoms with Crippen LogP contribution in [0.5, 0.6) is 5.75 Å². The Morgan fingerprint density at radius 2 is 2.10 bits per heavy atom. The second-order valence-corrected chi connectivity index (χ2v) is 3.17. The van der Waals surface area contributed by atoms with Gasteiger partial charge in [-0.1, -0.05) is 0 Å². The van der Waals surface area contributed by atoms with Crippen LogP contribution < -0.4 is 4.74 Å². The van der Waals surface area contributed by atoms with E-state index in [1.54, 1.807) is 0 Å². The number of pyridine rings is 1. The first-order valence-corrected chi connectivity index (χ1v) is 4.93. The third-order valence-corrected chi connectivity index (χ3v) is 1.81. The summed E-state index contributed by atoms with van der Waals surface area (Å²) in [5.41, 5.74) is -2.23. The highest BCUT2D eigenvalue weighted by Crippen LogP contribution is 2.34. The number of hydrogen-bond acceptors (Lipinski definition) is 6. The molecule has 0 saturated heterocycles. The molecule has 20 heavy (non-hydrogen) atoms.